The average Bonchev–Trinajstić information content (AvgIpc) is 2.45. The van der Waals surface area contributed by atoms with Crippen LogP contribution in [-0.4, -0.2) is 0 Å². The quantitative estimate of drug-likeness (QED) is 0.487. The average molecular weight is 254 g/mol. The van der Waals surface area contributed by atoms with Crippen LogP contribution in [0.1, 0.15) is 11.1 Å². The molecule has 0 fully saturated rings. The summed E-state index contributed by atoms with van der Waals surface area (Å²) in [5.74, 6) is 5.62. The van der Waals surface area contributed by atoms with Crippen molar-refractivity contribution in [3.63, 3.8) is 0 Å². The van der Waals surface area contributed by atoms with Crippen LogP contribution in [0.15, 0.2) is 66.5 Å². The number of hydrazine groups is 1. The Kier molecular flexibility index (Phi) is 3.73. The molecule has 2 rings (SSSR count). The predicted octanol–water partition coefficient (Wildman–Crippen LogP) is 1.51. The van der Waals surface area contributed by atoms with E-state index in [2.05, 4.69) is 23.9 Å². The van der Waals surface area contributed by atoms with E-state index in [1.807, 2.05) is 24.3 Å². The van der Waals surface area contributed by atoms with E-state index in [0.29, 0.717) is 17.9 Å². The number of hydrogen-bond donors (Lipinski definition) is 4. The summed E-state index contributed by atoms with van der Waals surface area (Å²) in [5.41, 5.74) is 13.9. The molecule has 0 spiro atoms. The van der Waals surface area contributed by atoms with Gasteiger partial charge in [0.25, 0.3) is 0 Å². The van der Waals surface area contributed by atoms with E-state index in [1.54, 1.807) is 12.2 Å². The van der Waals surface area contributed by atoms with Crippen molar-refractivity contribution in [2.75, 3.05) is 0 Å². The van der Waals surface area contributed by atoms with Crippen molar-refractivity contribution in [2.45, 2.75) is 6.54 Å². The minimum absolute atomic E-state index is 0.605. The molecule has 19 heavy (non-hydrogen) atoms. The summed E-state index contributed by atoms with van der Waals surface area (Å²) in [6, 6.07) is 7.94. The lowest BCUT2D eigenvalue weighted by Gasteiger charge is -2.22. The molecule has 1 heterocycles. The van der Waals surface area contributed by atoms with Gasteiger partial charge < -0.3 is 16.5 Å². The van der Waals surface area contributed by atoms with Crippen LogP contribution in [0, 0.1) is 0 Å². The summed E-state index contributed by atoms with van der Waals surface area (Å²) >= 11 is 0. The Labute approximate surface area is 113 Å². The minimum atomic E-state index is 0.605. The van der Waals surface area contributed by atoms with Crippen molar-refractivity contribution in [1.82, 2.24) is 10.7 Å². The number of allylic oxidation sites excluding steroid dienone is 2. The maximum absolute atomic E-state index is 6.25. The Hall–Kier alpha value is -2.46. The highest BCUT2D eigenvalue weighted by Crippen LogP contribution is 2.25. The third-order valence-corrected chi connectivity index (χ3v) is 3.16. The number of hydrogen-bond acceptors (Lipinski definition) is 4. The highest BCUT2D eigenvalue weighted by Gasteiger charge is 2.16. The molecule has 0 aliphatic carbocycles. The number of nitrogens with two attached hydrogens (primary N) is 2. The van der Waals surface area contributed by atoms with Gasteiger partial charge in [0.05, 0.1) is 11.4 Å². The van der Waals surface area contributed by atoms with Crippen molar-refractivity contribution in [3.05, 3.63) is 77.7 Å². The third-order valence-electron chi connectivity index (χ3n) is 3.16. The first-order valence-electron chi connectivity index (χ1n) is 6.01. The lowest BCUT2D eigenvalue weighted by molar-refractivity contribution is 0.804. The van der Waals surface area contributed by atoms with E-state index in [4.69, 9.17) is 11.6 Å². The topological polar surface area (TPSA) is 76.1 Å². The molecule has 98 valence electrons. The Morgan fingerprint density at radius 1 is 1.21 bits per heavy atom. The maximum atomic E-state index is 6.25. The Morgan fingerprint density at radius 3 is 2.58 bits per heavy atom. The van der Waals surface area contributed by atoms with Crippen LogP contribution in [0.4, 0.5) is 0 Å². The summed E-state index contributed by atoms with van der Waals surface area (Å²) in [5, 5.41) is 3.32. The molecule has 4 nitrogen and oxygen atoms in total. The maximum Gasteiger partial charge on any atom is 0.0816 e. The van der Waals surface area contributed by atoms with E-state index >= 15 is 0 Å². The summed E-state index contributed by atoms with van der Waals surface area (Å²) in [7, 11) is 0. The summed E-state index contributed by atoms with van der Waals surface area (Å²) in [4.78, 5) is 0. The lowest BCUT2D eigenvalue weighted by atomic mass is 9.97. The molecule has 1 aromatic rings. The predicted molar refractivity (Wildman–Crippen MR) is 79.1 cm³/mol. The second-order valence-corrected chi connectivity index (χ2v) is 4.18. The molecule has 6 N–H and O–H groups in total. The van der Waals surface area contributed by atoms with Gasteiger partial charge in [0.15, 0.2) is 0 Å². The fourth-order valence-corrected chi connectivity index (χ4v) is 2.19. The molecule has 0 bridgehead atoms. The van der Waals surface area contributed by atoms with Crippen molar-refractivity contribution in [3.8, 4) is 0 Å². The first kappa shape index (κ1) is 13.0. The molecule has 0 saturated heterocycles. The molecule has 1 aliphatic rings. The number of fused-ring (bicyclic) bond motifs is 1. The molecule has 1 aliphatic heterocycles. The fraction of sp³-hybridized carbons (Fsp3) is 0.0667. The zero-order chi connectivity index (χ0) is 13.8. The van der Waals surface area contributed by atoms with Gasteiger partial charge in [-0.25, -0.2) is 0 Å². The van der Waals surface area contributed by atoms with Gasteiger partial charge in [-0.15, -0.1) is 0 Å². The Balaban J connectivity index is 2.73. The highest BCUT2D eigenvalue weighted by molar-refractivity contribution is 5.74. The van der Waals surface area contributed by atoms with E-state index in [9.17, 15) is 0 Å². The molecule has 0 amide bonds. The monoisotopic (exact) mass is 254 g/mol. The van der Waals surface area contributed by atoms with Gasteiger partial charge in [-0.3, -0.25) is 5.84 Å². The fourth-order valence-electron chi connectivity index (χ4n) is 2.19. The summed E-state index contributed by atoms with van der Waals surface area (Å²) < 4.78 is 0. The first-order chi connectivity index (χ1) is 9.22. The molecule has 0 saturated carbocycles. The zero-order valence-electron chi connectivity index (χ0n) is 10.7. The van der Waals surface area contributed by atoms with Crippen molar-refractivity contribution < 1.29 is 0 Å². The van der Waals surface area contributed by atoms with Gasteiger partial charge in [0.2, 0.25) is 0 Å². The first-order valence-corrected chi connectivity index (χ1v) is 6.01. The highest BCUT2D eigenvalue weighted by atomic mass is 15.2. The lowest BCUT2D eigenvalue weighted by Crippen LogP contribution is -2.29. The van der Waals surface area contributed by atoms with Crippen LogP contribution >= 0.6 is 0 Å². The molecule has 0 radical (unpaired) electrons. The van der Waals surface area contributed by atoms with E-state index < -0.39 is 0 Å². The van der Waals surface area contributed by atoms with Gasteiger partial charge in [-0.1, -0.05) is 43.5 Å². The molecule has 4 heteroatoms. The van der Waals surface area contributed by atoms with Crippen LogP contribution < -0.4 is 22.3 Å². The SMILES string of the molecule is C=C/C1=C(C=C)/C(NN)=C(/N)c2ccccc2CN1. The van der Waals surface area contributed by atoms with Crippen LogP contribution in [0.25, 0.3) is 5.70 Å². The molecular formula is C15H18N4. The van der Waals surface area contributed by atoms with Crippen LogP contribution in [-0.2, 0) is 6.54 Å². The minimum Gasteiger partial charge on any atom is -0.396 e. The van der Waals surface area contributed by atoms with Crippen LogP contribution in [0.3, 0.4) is 0 Å². The Morgan fingerprint density at radius 2 is 1.95 bits per heavy atom. The largest absolute Gasteiger partial charge is 0.396 e. The second kappa shape index (κ2) is 5.46. The number of nitrogens with one attached hydrogen (secondary N) is 2. The zero-order valence-corrected chi connectivity index (χ0v) is 10.7. The smallest absolute Gasteiger partial charge is 0.0816 e. The van der Waals surface area contributed by atoms with Gasteiger partial charge in [-0.2, -0.15) is 0 Å². The van der Waals surface area contributed by atoms with Gasteiger partial charge >= 0.3 is 0 Å². The standard InChI is InChI=1S/C15H18N4/c1-3-11-13(4-2)18-9-10-7-5-6-8-12(10)14(16)15(11)19-17/h3-8,18-19H,1-2,9,16-17H2/b13-11-,15-14-. The van der Waals surface area contributed by atoms with Gasteiger partial charge in [0.1, 0.15) is 0 Å². The summed E-state index contributed by atoms with van der Waals surface area (Å²) in [6.45, 7) is 8.29. The normalized spacial score (nSPS) is 22.6. The molecular weight excluding hydrogens is 236 g/mol. The molecule has 0 unspecified atom stereocenters. The third kappa shape index (κ3) is 2.26. The van der Waals surface area contributed by atoms with Crippen molar-refractivity contribution in [2.24, 2.45) is 11.6 Å². The van der Waals surface area contributed by atoms with Gasteiger partial charge in [-0.05, 0) is 11.6 Å². The van der Waals surface area contributed by atoms with E-state index in [-0.39, 0.29) is 0 Å². The molecule has 0 atom stereocenters. The number of rotatable bonds is 3. The van der Waals surface area contributed by atoms with Crippen LogP contribution in [0.5, 0.6) is 0 Å². The van der Waals surface area contributed by atoms with Crippen molar-refractivity contribution in [1.29, 1.82) is 0 Å². The van der Waals surface area contributed by atoms with E-state index in [1.165, 1.54) is 0 Å². The van der Waals surface area contributed by atoms with E-state index in [0.717, 1.165) is 22.4 Å². The number of benzene rings is 1. The second-order valence-electron chi connectivity index (χ2n) is 4.18. The summed E-state index contributed by atoms with van der Waals surface area (Å²) in [6.07, 6.45) is 3.44. The molecule has 1 aromatic carbocycles. The van der Waals surface area contributed by atoms with Crippen LogP contribution in [0.2, 0.25) is 0 Å². The van der Waals surface area contributed by atoms with Gasteiger partial charge in [0, 0.05) is 23.4 Å². The van der Waals surface area contributed by atoms with Crippen molar-refractivity contribution >= 4 is 5.70 Å². The Bertz CT molecular complexity index is 582. The molecule has 0 aromatic heterocycles.